The van der Waals surface area contributed by atoms with Crippen LogP contribution in [-0.2, 0) is 0 Å². The fourth-order valence-electron chi connectivity index (χ4n) is 2.59. The molecule has 0 aliphatic carbocycles. The third kappa shape index (κ3) is 5.13. The van der Waals surface area contributed by atoms with Crippen LogP contribution >= 0.6 is 0 Å². The highest BCUT2D eigenvalue weighted by atomic mass is 16.5. The van der Waals surface area contributed by atoms with Gasteiger partial charge in [-0.05, 0) is 54.4 Å². The standard InChI is InChI=1S/C21H23N5O4/c1-4-11-30-17-10-5-14(12-18(17)29-3)13-22-25-21-23-20(27)19(24-26-21)15-6-8-16(28-2)9-7-15/h5-10,12-13H,4,11H2,1-3H3,(H2,23,25,26,27)/b22-13+. The van der Waals surface area contributed by atoms with E-state index >= 15 is 0 Å². The largest absolute Gasteiger partial charge is 0.497 e. The van der Waals surface area contributed by atoms with E-state index in [4.69, 9.17) is 14.2 Å². The number of rotatable bonds is 9. The molecule has 0 spiro atoms. The second kappa shape index (κ2) is 10.1. The van der Waals surface area contributed by atoms with Crippen molar-refractivity contribution in [2.75, 3.05) is 26.3 Å². The number of aromatic nitrogens is 3. The zero-order chi connectivity index (χ0) is 21.3. The van der Waals surface area contributed by atoms with Gasteiger partial charge in [-0.2, -0.15) is 5.10 Å². The van der Waals surface area contributed by atoms with Crippen LogP contribution in [0.4, 0.5) is 5.95 Å². The monoisotopic (exact) mass is 409 g/mol. The molecule has 2 N–H and O–H groups in total. The molecule has 0 bridgehead atoms. The predicted molar refractivity (Wildman–Crippen MR) is 115 cm³/mol. The molecule has 1 aromatic heterocycles. The van der Waals surface area contributed by atoms with Gasteiger partial charge in [0.25, 0.3) is 5.56 Å². The minimum Gasteiger partial charge on any atom is -0.497 e. The Morgan fingerprint density at radius 1 is 1.07 bits per heavy atom. The molecule has 0 fully saturated rings. The number of anilines is 1. The van der Waals surface area contributed by atoms with Gasteiger partial charge in [-0.3, -0.25) is 9.78 Å². The van der Waals surface area contributed by atoms with Gasteiger partial charge >= 0.3 is 0 Å². The SMILES string of the molecule is CCCOc1ccc(/C=N/Nc2nnc(-c3ccc(OC)cc3)c(=O)[nH]2)cc1OC. The third-order valence-corrected chi connectivity index (χ3v) is 4.09. The molecule has 0 aliphatic rings. The number of H-pyrrole nitrogens is 1. The summed E-state index contributed by atoms with van der Waals surface area (Å²) >= 11 is 0. The number of hydrogen-bond acceptors (Lipinski definition) is 8. The Morgan fingerprint density at radius 3 is 2.53 bits per heavy atom. The van der Waals surface area contributed by atoms with Crippen molar-refractivity contribution in [2.24, 2.45) is 5.10 Å². The summed E-state index contributed by atoms with van der Waals surface area (Å²) in [6.45, 7) is 2.65. The van der Waals surface area contributed by atoms with Crippen molar-refractivity contribution in [3.05, 3.63) is 58.4 Å². The van der Waals surface area contributed by atoms with Crippen LogP contribution < -0.4 is 25.2 Å². The second-order valence-corrected chi connectivity index (χ2v) is 6.21. The number of benzene rings is 2. The molecule has 156 valence electrons. The van der Waals surface area contributed by atoms with Crippen molar-refractivity contribution in [3.8, 4) is 28.5 Å². The number of ether oxygens (including phenoxy) is 3. The quantitative estimate of drug-likeness (QED) is 0.413. The van der Waals surface area contributed by atoms with Gasteiger partial charge in [-0.15, -0.1) is 10.2 Å². The van der Waals surface area contributed by atoms with Crippen molar-refractivity contribution in [1.82, 2.24) is 15.2 Å². The maximum Gasteiger partial charge on any atom is 0.279 e. The topological polar surface area (TPSA) is 111 Å². The minimum absolute atomic E-state index is 0.128. The zero-order valence-corrected chi connectivity index (χ0v) is 17.0. The molecule has 0 saturated heterocycles. The van der Waals surface area contributed by atoms with Crippen LogP contribution in [0.25, 0.3) is 11.3 Å². The van der Waals surface area contributed by atoms with E-state index in [-0.39, 0.29) is 17.2 Å². The second-order valence-electron chi connectivity index (χ2n) is 6.21. The van der Waals surface area contributed by atoms with Crippen LogP contribution in [0, 0.1) is 0 Å². The normalized spacial score (nSPS) is 10.8. The van der Waals surface area contributed by atoms with Crippen molar-refractivity contribution in [2.45, 2.75) is 13.3 Å². The van der Waals surface area contributed by atoms with Crippen LogP contribution in [0.3, 0.4) is 0 Å². The lowest BCUT2D eigenvalue weighted by atomic mass is 10.1. The van der Waals surface area contributed by atoms with Crippen LogP contribution in [-0.4, -0.2) is 42.2 Å². The molecule has 0 saturated carbocycles. The summed E-state index contributed by atoms with van der Waals surface area (Å²) in [6.07, 6.45) is 2.48. The van der Waals surface area contributed by atoms with Crippen LogP contribution in [0.5, 0.6) is 17.2 Å². The molecule has 0 amide bonds. The van der Waals surface area contributed by atoms with Gasteiger partial charge in [0.1, 0.15) is 5.75 Å². The van der Waals surface area contributed by atoms with Gasteiger partial charge in [0.05, 0.1) is 27.0 Å². The predicted octanol–water partition coefficient (Wildman–Crippen LogP) is 3.08. The number of hydrazone groups is 1. The Kier molecular flexibility index (Phi) is 6.99. The highest BCUT2D eigenvalue weighted by Gasteiger charge is 2.08. The average molecular weight is 409 g/mol. The summed E-state index contributed by atoms with van der Waals surface area (Å²) in [5.74, 6) is 2.11. The van der Waals surface area contributed by atoms with Gasteiger partial charge < -0.3 is 14.2 Å². The Hall–Kier alpha value is -3.88. The first kappa shape index (κ1) is 20.8. The molecule has 1 heterocycles. The fraction of sp³-hybridized carbons (Fsp3) is 0.238. The molecule has 3 aromatic rings. The molecule has 0 radical (unpaired) electrons. The van der Waals surface area contributed by atoms with Gasteiger partial charge in [0, 0.05) is 5.56 Å². The van der Waals surface area contributed by atoms with E-state index in [9.17, 15) is 4.79 Å². The van der Waals surface area contributed by atoms with E-state index in [2.05, 4.69) is 25.7 Å². The van der Waals surface area contributed by atoms with E-state index in [0.717, 1.165) is 12.0 Å². The lowest BCUT2D eigenvalue weighted by Gasteiger charge is -2.10. The first-order chi connectivity index (χ1) is 14.6. The highest BCUT2D eigenvalue weighted by Crippen LogP contribution is 2.27. The molecule has 9 heteroatoms. The summed E-state index contributed by atoms with van der Waals surface area (Å²) in [5.41, 5.74) is 3.91. The summed E-state index contributed by atoms with van der Waals surface area (Å²) in [6, 6.07) is 12.5. The lowest BCUT2D eigenvalue weighted by molar-refractivity contribution is 0.294. The molecule has 3 rings (SSSR count). The smallest absolute Gasteiger partial charge is 0.279 e. The first-order valence-corrected chi connectivity index (χ1v) is 9.36. The van der Waals surface area contributed by atoms with E-state index < -0.39 is 0 Å². The number of methoxy groups -OCH3 is 2. The first-order valence-electron chi connectivity index (χ1n) is 9.36. The maximum absolute atomic E-state index is 12.3. The Morgan fingerprint density at radius 2 is 1.87 bits per heavy atom. The molecule has 0 atom stereocenters. The van der Waals surface area contributed by atoms with Crippen LogP contribution in [0.15, 0.2) is 52.4 Å². The lowest BCUT2D eigenvalue weighted by Crippen LogP contribution is -2.15. The summed E-state index contributed by atoms with van der Waals surface area (Å²) in [4.78, 5) is 14.9. The molecule has 2 aromatic carbocycles. The van der Waals surface area contributed by atoms with E-state index in [1.54, 1.807) is 50.8 Å². The van der Waals surface area contributed by atoms with Crippen LogP contribution in [0.1, 0.15) is 18.9 Å². The van der Waals surface area contributed by atoms with Crippen molar-refractivity contribution in [1.29, 1.82) is 0 Å². The van der Waals surface area contributed by atoms with Crippen molar-refractivity contribution in [3.63, 3.8) is 0 Å². The third-order valence-electron chi connectivity index (χ3n) is 4.09. The molecular weight excluding hydrogens is 386 g/mol. The average Bonchev–Trinajstić information content (AvgIpc) is 2.78. The van der Waals surface area contributed by atoms with Crippen LogP contribution in [0.2, 0.25) is 0 Å². The molecular formula is C21H23N5O4. The number of nitrogens with zero attached hydrogens (tertiary/aromatic N) is 3. The molecule has 30 heavy (non-hydrogen) atoms. The van der Waals surface area contributed by atoms with E-state index in [1.165, 1.54) is 0 Å². The fourth-order valence-corrected chi connectivity index (χ4v) is 2.59. The van der Waals surface area contributed by atoms with Crippen molar-refractivity contribution >= 4 is 12.2 Å². The molecule has 0 aliphatic heterocycles. The summed E-state index contributed by atoms with van der Waals surface area (Å²) in [5, 5.41) is 12.0. The summed E-state index contributed by atoms with van der Waals surface area (Å²) in [7, 11) is 3.16. The number of aromatic amines is 1. The van der Waals surface area contributed by atoms with Gasteiger partial charge in [0.2, 0.25) is 5.95 Å². The van der Waals surface area contributed by atoms with E-state index in [0.29, 0.717) is 29.4 Å². The Labute approximate surface area is 173 Å². The highest BCUT2D eigenvalue weighted by molar-refractivity contribution is 5.81. The Balaban J connectivity index is 1.69. The maximum atomic E-state index is 12.3. The molecule has 9 nitrogen and oxygen atoms in total. The number of nitrogens with one attached hydrogen (secondary N) is 2. The zero-order valence-electron chi connectivity index (χ0n) is 17.0. The summed E-state index contributed by atoms with van der Waals surface area (Å²) < 4.78 is 16.1. The van der Waals surface area contributed by atoms with Gasteiger partial charge in [-0.1, -0.05) is 6.92 Å². The van der Waals surface area contributed by atoms with Gasteiger partial charge in [-0.25, -0.2) is 5.43 Å². The Bertz CT molecular complexity index is 1060. The van der Waals surface area contributed by atoms with E-state index in [1.807, 2.05) is 19.1 Å². The number of hydrogen-bond donors (Lipinski definition) is 2. The minimum atomic E-state index is -0.382. The van der Waals surface area contributed by atoms with Gasteiger partial charge in [0.15, 0.2) is 17.2 Å². The molecule has 0 unspecified atom stereocenters. The van der Waals surface area contributed by atoms with Crippen molar-refractivity contribution < 1.29 is 14.2 Å².